The van der Waals surface area contributed by atoms with E-state index in [1.807, 2.05) is 13.8 Å². The van der Waals surface area contributed by atoms with Crippen molar-refractivity contribution < 1.29 is 0 Å². The minimum Gasteiger partial charge on any atom is -0.355 e. The van der Waals surface area contributed by atoms with Crippen LogP contribution in [-0.2, 0) is 0 Å². The molecule has 0 aliphatic heterocycles. The third kappa shape index (κ3) is 4.06. The average Bonchev–Trinajstić information content (AvgIpc) is 3.30. The first kappa shape index (κ1) is 21.5. The Morgan fingerprint density at radius 1 is 0.441 bits per heavy atom. The zero-order valence-corrected chi connectivity index (χ0v) is 19.6. The number of anilines is 3. The summed E-state index contributed by atoms with van der Waals surface area (Å²) in [5.41, 5.74) is 8.21. The van der Waals surface area contributed by atoms with Gasteiger partial charge in [0.05, 0.1) is 0 Å². The summed E-state index contributed by atoms with van der Waals surface area (Å²) < 4.78 is 0. The van der Waals surface area contributed by atoms with Gasteiger partial charge in [-0.05, 0) is 65.7 Å². The molecule has 0 fully saturated rings. The van der Waals surface area contributed by atoms with E-state index in [1.54, 1.807) is 0 Å². The molecule has 2 heteroatoms. The van der Waals surface area contributed by atoms with Gasteiger partial charge >= 0.3 is 0 Å². The molecular formula is C32H28N2. The molecule has 0 unspecified atom stereocenters. The molecule has 0 aliphatic rings. The van der Waals surface area contributed by atoms with Gasteiger partial charge in [0.15, 0.2) is 0 Å². The average molecular weight is 441 g/mol. The van der Waals surface area contributed by atoms with Crippen molar-refractivity contribution in [2.75, 3.05) is 4.90 Å². The third-order valence-corrected chi connectivity index (χ3v) is 5.99. The van der Waals surface area contributed by atoms with Gasteiger partial charge in [0.2, 0.25) is 0 Å². The highest BCUT2D eigenvalue weighted by Gasteiger charge is 2.12. The molecule has 0 radical (unpaired) electrons. The fraction of sp³-hybridized carbons (Fsp3) is 0.0625. The molecule has 0 amide bonds. The number of hydrogen-bond donors (Lipinski definition) is 1. The lowest BCUT2D eigenvalue weighted by Crippen LogP contribution is -2.09. The van der Waals surface area contributed by atoms with E-state index in [9.17, 15) is 0 Å². The quantitative estimate of drug-likeness (QED) is 0.289. The van der Waals surface area contributed by atoms with Crippen LogP contribution in [0.15, 0.2) is 127 Å². The van der Waals surface area contributed by atoms with Crippen LogP contribution in [0.25, 0.3) is 32.9 Å². The van der Waals surface area contributed by atoms with Gasteiger partial charge in [-0.3, -0.25) is 0 Å². The Morgan fingerprint density at radius 3 is 1.59 bits per heavy atom. The predicted octanol–water partition coefficient (Wildman–Crippen LogP) is 9.48. The van der Waals surface area contributed by atoms with Crippen molar-refractivity contribution in [2.24, 2.45) is 0 Å². The van der Waals surface area contributed by atoms with Crippen molar-refractivity contribution >= 4 is 38.9 Å². The molecule has 0 bridgehead atoms. The lowest BCUT2D eigenvalue weighted by molar-refractivity contribution is 1.28. The van der Waals surface area contributed by atoms with Gasteiger partial charge in [0.25, 0.3) is 0 Å². The molecule has 166 valence electrons. The maximum absolute atomic E-state index is 3.51. The largest absolute Gasteiger partial charge is 0.355 e. The molecule has 0 aliphatic carbocycles. The van der Waals surface area contributed by atoms with E-state index in [0.717, 1.165) is 17.1 Å². The molecule has 5 aromatic carbocycles. The minimum absolute atomic E-state index is 1.14. The highest BCUT2D eigenvalue weighted by atomic mass is 15.1. The van der Waals surface area contributed by atoms with Crippen LogP contribution < -0.4 is 4.90 Å². The van der Waals surface area contributed by atoms with E-state index >= 15 is 0 Å². The summed E-state index contributed by atoms with van der Waals surface area (Å²) in [5, 5.41) is 2.53. The molecule has 1 heterocycles. The number of fused-ring (bicyclic) bond motifs is 3. The molecule has 0 saturated carbocycles. The van der Waals surface area contributed by atoms with Crippen molar-refractivity contribution in [1.29, 1.82) is 0 Å². The molecule has 1 N–H and O–H groups in total. The summed E-state index contributed by atoms with van der Waals surface area (Å²) in [5.74, 6) is 0. The topological polar surface area (TPSA) is 19.0 Å². The summed E-state index contributed by atoms with van der Waals surface area (Å²) in [4.78, 5) is 5.79. The summed E-state index contributed by atoms with van der Waals surface area (Å²) in [6.45, 7) is 4.00. The second-order valence-corrected chi connectivity index (χ2v) is 7.98. The normalized spacial score (nSPS) is 10.6. The Balaban J connectivity index is 0.00000117. The molecule has 6 aromatic rings. The van der Waals surface area contributed by atoms with E-state index < -0.39 is 0 Å². The van der Waals surface area contributed by atoms with Crippen LogP contribution in [0.1, 0.15) is 13.8 Å². The number of rotatable bonds is 4. The van der Waals surface area contributed by atoms with Crippen LogP contribution in [0.4, 0.5) is 17.1 Å². The highest BCUT2D eigenvalue weighted by Crippen LogP contribution is 2.36. The Morgan fingerprint density at radius 2 is 0.941 bits per heavy atom. The number of benzene rings is 5. The second-order valence-electron chi connectivity index (χ2n) is 7.98. The molecule has 2 nitrogen and oxygen atoms in total. The van der Waals surface area contributed by atoms with Gasteiger partial charge in [0.1, 0.15) is 0 Å². The van der Waals surface area contributed by atoms with Crippen molar-refractivity contribution in [2.45, 2.75) is 13.8 Å². The van der Waals surface area contributed by atoms with E-state index in [1.165, 1.54) is 32.9 Å². The lowest BCUT2D eigenvalue weighted by Gasteiger charge is -2.25. The van der Waals surface area contributed by atoms with E-state index in [-0.39, 0.29) is 0 Å². The molecule has 34 heavy (non-hydrogen) atoms. The van der Waals surface area contributed by atoms with Crippen LogP contribution >= 0.6 is 0 Å². The summed E-state index contributed by atoms with van der Waals surface area (Å²) in [7, 11) is 0. The smallest absolute Gasteiger partial charge is 0.0465 e. The standard InChI is InChI=1S/C30H22N2.C2H6/c1-3-9-24(10-4-1)32(25-11-5-2-6-12-25)26-18-15-22(16-19-26)23-17-20-30-28(21-23)27-13-7-8-14-29(27)31-30;1-2/h1-21,31H;1-2H3. The van der Waals surface area contributed by atoms with Crippen molar-refractivity contribution in [3.8, 4) is 11.1 Å². The SMILES string of the molecule is CC.c1ccc(N(c2ccccc2)c2ccc(-c3ccc4[nH]c5ccccc5c4c3)cc2)cc1. The first-order valence-electron chi connectivity index (χ1n) is 11.9. The Hall–Kier alpha value is -4.30. The van der Waals surface area contributed by atoms with Crippen LogP contribution in [0.5, 0.6) is 0 Å². The van der Waals surface area contributed by atoms with Gasteiger partial charge in [-0.1, -0.05) is 86.6 Å². The molecule has 6 rings (SSSR count). The summed E-state index contributed by atoms with van der Waals surface area (Å²) in [6, 6.07) is 45.0. The summed E-state index contributed by atoms with van der Waals surface area (Å²) in [6.07, 6.45) is 0. The van der Waals surface area contributed by atoms with Gasteiger partial charge in [-0.2, -0.15) is 0 Å². The second kappa shape index (κ2) is 9.68. The number of hydrogen-bond acceptors (Lipinski definition) is 1. The highest BCUT2D eigenvalue weighted by molar-refractivity contribution is 6.08. The zero-order valence-electron chi connectivity index (χ0n) is 19.6. The molecule has 0 atom stereocenters. The Labute approximate surface area is 201 Å². The number of H-pyrrole nitrogens is 1. The first-order chi connectivity index (χ1) is 16.9. The number of nitrogens with one attached hydrogen (secondary N) is 1. The van der Waals surface area contributed by atoms with Crippen LogP contribution in [-0.4, -0.2) is 4.98 Å². The molecule has 1 aromatic heterocycles. The maximum atomic E-state index is 3.51. The van der Waals surface area contributed by atoms with Gasteiger partial charge < -0.3 is 9.88 Å². The number of para-hydroxylation sites is 3. The molecular weight excluding hydrogens is 412 g/mol. The van der Waals surface area contributed by atoms with E-state index in [4.69, 9.17) is 0 Å². The first-order valence-corrected chi connectivity index (χ1v) is 11.9. The van der Waals surface area contributed by atoms with E-state index in [0.29, 0.717) is 0 Å². The third-order valence-electron chi connectivity index (χ3n) is 5.99. The maximum Gasteiger partial charge on any atom is 0.0465 e. The van der Waals surface area contributed by atoms with Gasteiger partial charge in [0, 0.05) is 38.9 Å². The van der Waals surface area contributed by atoms with Crippen molar-refractivity contribution in [1.82, 2.24) is 4.98 Å². The minimum atomic E-state index is 1.14. The monoisotopic (exact) mass is 440 g/mol. The Bertz CT molecular complexity index is 1460. The van der Waals surface area contributed by atoms with E-state index in [2.05, 4.69) is 137 Å². The summed E-state index contributed by atoms with van der Waals surface area (Å²) >= 11 is 0. The Kier molecular flexibility index (Phi) is 6.13. The molecule has 0 saturated heterocycles. The van der Waals surface area contributed by atoms with Gasteiger partial charge in [-0.15, -0.1) is 0 Å². The number of nitrogens with zero attached hydrogens (tertiary/aromatic N) is 1. The predicted molar refractivity (Wildman–Crippen MR) is 147 cm³/mol. The van der Waals surface area contributed by atoms with Crippen LogP contribution in [0.2, 0.25) is 0 Å². The zero-order chi connectivity index (χ0) is 23.3. The van der Waals surface area contributed by atoms with Crippen LogP contribution in [0.3, 0.4) is 0 Å². The number of aromatic nitrogens is 1. The fourth-order valence-corrected chi connectivity index (χ4v) is 4.43. The molecule has 0 spiro atoms. The van der Waals surface area contributed by atoms with Crippen LogP contribution in [0, 0.1) is 0 Å². The number of aromatic amines is 1. The van der Waals surface area contributed by atoms with Crippen molar-refractivity contribution in [3.05, 3.63) is 127 Å². The fourth-order valence-electron chi connectivity index (χ4n) is 4.43. The lowest BCUT2D eigenvalue weighted by atomic mass is 10.0. The van der Waals surface area contributed by atoms with Gasteiger partial charge in [-0.25, -0.2) is 0 Å². The van der Waals surface area contributed by atoms with Crippen molar-refractivity contribution in [3.63, 3.8) is 0 Å².